The van der Waals surface area contributed by atoms with Crippen LogP contribution < -0.4 is 159 Å². The van der Waals surface area contributed by atoms with Gasteiger partial charge in [0.15, 0.2) is 4.99 Å². The molecule has 0 saturated heterocycles. The first-order chi connectivity index (χ1) is 12.4. The van der Waals surface area contributed by atoms with Gasteiger partial charge in [-0.1, -0.05) is 12.1 Å². The second-order valence-corrected chi connectivity index (χ2v) is 9.56. The van der Waals surface area contributed by atoms with Crippen molar-refractivity contribution in [1.29, 1.82) is 0 Å². The standard InChI is InChI=1S/C16H17F2O7PS.3K.3H/c17-12-8-13(18)10-15(9-12)25-14-5-1-3-11(7-14)4-2-6-16(26(19,20)21)27(22,23)24;;;;;;/h1,3,5,7-10,16H,2,4,6H2,(H2,19,20,21)(H,22,23,24);;;;;;/q;3*+1;3*-1. The first-order valence-corrected chi connectivity index (χ1v) is 10.9. The predicted molar refractivity (Wildman–Crippen MR) is 96.5 cm³/mol. The summed E-state index contributed by atoms with van der Waals surface area (Å²) in [6.07, 6.45) is -0.141. The minimum absolute atomic E-state index is 0. The Bertz CT molecular complexity index is 967. The van der Waals surface area contributed by atoms with E-state index in [4.69, 9.17) is 19.1 Å². The molecule has 0 spiro atoms. The molecular formula is C16H20F2K3O7PS. The van der Waals surface area contributed by atoms with Crippen LogP contribution in [-0.2, 0) is 21.1 Å². The Hall–Kier alpha value is 3.07. The third kappa shape index (κ3) is 12.7. The molecule has 2 rings (SSSR count). The molecule has 0 bridgehead atoms. The molecule has 0 heterocycles. The second-order valence-electron chi connectivity index (χ2n) is 5.81. The van der Waals surface area contributed by atoms with E-state index in [0.29, 0.717) is 11.6 Å². The summed E-state index contributed by atoms with van der Waals surface area (Å²) in [7, 11) is -9.91. The van der Waals surface area contributed by atoms with Gasteiger partial charge in [0.2, 0.25) is 0 Å². The minimum atomic E-state index is -5.02. The molecule has 1 unspecified atom stereocenters. The third-order valence-corrected chi connectivity index (χ3v) is 7.16. The average Bonchev–Trinajstić information content (AvgIpc) is 2.48. The van der Waals surface area contributed by atoms with E-state index in [0.717, 1.165) is 12.1 Å². The van der Waals surface area contributed by atoms with Crippen molar-refractivity contribution in [2.24, 2.45) is 0 Å². The van der Waals surface area contributed by atoms with E-state index in [1.165, 1.54) is 0 Å². The molecule has 1 atom stereocenters. The van der Waals surface area contributed by atoms with Crippen LogP contribution in [0, 0.1) is 11.6 Å². The molecule has 0 amide bonds. The van der Waals surface area contributed by atoms with Gasteiger partial charge in [-0.2, -0.15) is 8.42 Å². The van der Waals surface area contributed by atoms with Gasteiger partial charge in [-0.25, -0.2) is 8.78 Å². The SMILES string of the molecule is O=P(O)(O)C(CCCc1cccc(Oc2cc(F)cc(F)c2)c1)S(=O)(=O)O.[H-].[H-].[H-].[K+].[K+].[K+]. The first-order valence-electron chi connectivity index (χ1n) is 7.69. The summed E-state index contributed by atoms with van der Waals surface area (Å²) in [5.74, 6) is -1.36. The van der Waals surface area contributed by atoms with Crippen molar-refractivity contribution >= 4 is 17.7 Å². The summed E-state index contributed by atoms with van der Waals surface area (Å²) in [4.78, 5) is 15.9. The second kappa shape index (κ2) is 15.9. The monoisotopic (exact) mass is 542 g/mol. The van der Waals surface area contributed by atoms with Crippen LogP contribution in [0.1, 0.15) is 22.7 Å². The minimum Gasteiger partial charge on any atom is -1.00 e. The molecule has 0 fully saturated rings. The molecule has 2 aromatic rings. The van der Waals surface area contributed by atoms with Gasteiger partial charge in [0.1, 0.15) is 23.1 Å². The van der Waals surface area contributed by atoms with Gasteiger partial charge >= 0.3 is 162 Å². The average molecular weight is 543 g/mol. The van der Waals surface area contributed by atoms with E-state index in [9.17, 15) is 21.8 Å². The van der Waals surface area contributed by atoms with E-state index in [1.54, 1.807) is 24.3 Å². The maximum Gasteiger partial charge on any atom is 1.00 e. The molecule has 0 aliphatic heterocycles. The fraction of sp³-hybridized carbons (Fsp3) is 0.250. The van der Waals surface area contributed by atoms with Crippen LogP contribution in [0.25, 0.3) is 0 Å². The Morgan fingerprint density at radius 2 is 1.57 bits per heavy atom. The zero-order chi connectivity index (χ0) is 20.2. The van der Waals surface area contributed by atoms with Gasteiger partial charge < -0.3 is 18.8 Å². The molecule has 30 heavy (non-hydrogen) atoms. The maximum absolute atomic E-state index is 13.2. The van der Waals surface area contributed by atoms with Crippen LogP contribution in [0.15, 0.2) is 42.5 Å². The third-order valence-electron chi connectivity index (χ3n) is 3.61. The molecular weight excluding hydrogens is 523 g/mol. The van der Waals surface area contributed by atoms with Crippen LogP contribution in [0.5, 0.6) is 11.5 Å². The number of aryl methyl sites for hydroxylation is 1. The Morgan fingerprint density at radius 3 is 2.07 bits per heavy atom. The summed E-state index contributed by atoms with van der Waals surface area (Å²) in [5, 5.41) is 0. The number of halogens is 2. The summed E-state index contributed by atoms with van der Waals surface area (Å²) in [6, 6.07) is 9.07. The summed E-state index contributed by atoms with van der Waals surface area (Å²) < 4.78 is 74.2. The fourth-order valence-corrected chi connectivity index (χ4v) is 4.83. The van der Waals surface area contributed by atoms with Crippen LogP contribution in [0.4, 0.5) is 8.78 Å². The topological polar surface area (TPSA) is 121 Å². The summed E-state index contributed by atoms with van der Waals surface area (Å²) >= 11 is 0. The van der Waals surface area contributed by atoms with E-state index >= 15 is 0 Å². The van der Waals surface area contributed by atoms with Gasteiger partial charge in [-0.3, -0.25) is 9.12 Å². The van der Waals surface area contributed by atoms with Gasteiger partial charge in [0, 0.05) is 18.2 Å². The number of benzene rings is 2. The molecule has 2 aromatic carbocycles. The van der Waals surface area contributed by atoms with Crippen molar-refractivity contribution < 1.29 is 199 Å². The van der Waals surface area contributed by atoms with Crippen molar-refractivity contribution in [1.82, 2.24) is 0 Å². The molecule has 7 nitrogen and oxygen atoms in total. The fourth-order valence-electron chi connectivity index (χ4n) is 2.46. The Balaban J connectivity index is -0.000000436. The smallest absolute Gasteiger partial charge is 1.00 e. The number of hydrogen-bond acceptors (Lipinski definition) is 4. The Morgan fingerprint density at radius 1 is 1.00 bits per heavy atom. The van der Waals surface area contributed by atoms with Crippen molar-refractivity contribution in [3.8, 4) is 11.5 Å². The molecule has 14 heteroatoms. The van der Waals surface area contributed by atoms with Crippen LogP contribution >= 0.6 is 7.60 Å². The molecule has 3 N–H and O–H groups in total. The molecule has 154 valence electrons. The molecule has 0 radical (unpaired) electrons. The summed E-state index contributed by atoms with van der Waals surface area (Å²) in [5.41, 5.74) is 0.643. The van der Waals surface area contributed by atoms with Gasteiger partial charge in [0.05, 0.1) is 0 Å². The quantitative estimate of drug-likeness (QED) is 0.173. The van der Waals surface area contributed by atoms with Gasteiger partial charge in [0.25, 0.3) is 10.1 Å². The van der Waals surface area contributed by atoms with E-state index in [1.807, 2.05) is 0 Å². The molecule has 0 aromatic heterocycles. The number of ether oxygens (including phenoxy) is 1. The number of hydrogen-bond donors (Lipinski definition) is 3. The predicted octanol–water partition coefficient (Wildman–Crippen LogP) is -5.18. The van der Waals surface area contributed by atoms with Crippen LogP contribution in [0.2, 0.25) is 0 Å². The maximum atomic E-state index is 13.2. The van der Waals surface area contributed by atoms with Crippen molar-refractivity contribution in [3.05, 3.63) is 59.7 Å². The van der Waals surface area contributed by atoms with E-state index < -0.39 is 40.8 Å². The van der Waals surface area contributed by atoms with Gasteiger partial charge in [-0.15, -0.1) is 0 Å². The first kappa shape index (κ1) is 35.2. The zero-order valence-electron chi connectivity index (χ0n) is 19.8. The Labute approximate surface area is 305 Å². The normalized spacial score (nSPS) is 12.0. The Kier molecular flexibility index (Phi) is 18.7. The molecule has 0 aliphatic rings. The number of rotatable bonds is 8. The molecule has 0 aliphatic carbocycles. The molecule has 0 saturated carbocycles. The van der Waals surface area contributed by atoms with E-state index in [-0.39, 0.29) is 183 Å². The van der Waals surface area contributed by atoms with Crippen LogP contribution in [0.3, 0.4) is 0 Å². The summed E-state index contributed by atoms with van der Waals surface area (Å²) in [6.45, 7) is 0. The zero-order valence-corrected chi connectivity index (χ0v) is 27.9. The van der Waals surface area contributed by atoms with Crippen molar-refractivity contribution in [2.75, 3.05) is 0 Å². The van der Waals surface area contributed by atoms with Crippen molar-refractivity contribution in [3.63, 3.8) is 0 Å². The van der Waals surface area contributed by atoms with Gasteiger partial charge in [-0.05, 0) is 37.0 Å². The van der Waals surface area contributed by atoms with Crippen LogP contribution in [-0.4, -0.2) is 27.7 Å². The largest absolute Gasteiger partial charge is 1.00 e. The van der Waals surface area contributed by atoms with Crippen molar-refractivity contribution in [2.45, 2.75) is 24.3 Å². The van der Waals surface area contributed by atoms with E-state index in [2.05, 4.69) is 0 Å².